The minimum atomic E-state index is -0.546. The van der Waals surface area contributed by atoms with Gasteiger partial charge in [0.2, 0.25) is 0 Å². The van der Waals surface area contributed by atoms with E-state index in [0.29, 0.717) is 6.42 Å². The summed E-state index contributed by atoms with van der Waals surface area (Å²) < 4.78 is 0. The lowest BCUT2D eigenvalue weighted by Gasteiger charge is -2.25. The molecule has 1 rings (SSSR count). The Balaban J connectivity index is 2.69. The highest BCUT2D eigenvalue weighted by molar-refractivity contribution is 8.12. The van der Waals surface area contributed by atoms with Gasteiger partial charge in [0.1, 0.15) is 11.6 Å². The Hall–Kier alpha value is -0.840. The molecule has 0 N–H and O–H groups in total. The summed E-state index contributed by atoms with van der Waals surface area (Å²) in [6.45, 7) is 3.64. The molecule has 1 amide bonds. The number of hydrogen-bond acceptors (Lipinski definition) is 4. The maximum atomic E-state index is 11.7. The van der Waals surface area contributed by atoms with Gasteiger partial charge in [0.15, 0.2) is 0 Å². The minimum absolute atomic E-state index is 0.0401. The lowest BCUT2D eigenvalue weighted by Crippen LogP contribution is -2.36. The molecular formula is C12H19NO3S. The van der Waals surface area contributed by atoms with Crippen LogP contribution in [0.5, 0.6) is 0 Å². The molecular weight excluding hydrogens is 238 g/mol. The second kappa shape index (κ2) is 6.19. The molecule has 96 valence electrons. The number of thioether (sulfide) groups is 1. The van der Waals surface area contributed by atoms with Crippen LogP contribution in [-0.4, -0.2) is 40.5 Å². The molecule has 0 spiro atoms. The number of amides is 1. The average molecular weight is 257 g/mol. The highest BCUT2D eigenvalue weighted by Gasteiger charge is 2.33. The standard InChI is InChI=1S/C12H19NO3S/c1-8(14)11(9(2)15)7-10-5-4-6-13(10)12(16)17-3/h10-11H,4-7H2,1-3H3. The molecule has 0 aromatic rings. The Morgan fingerprint density at radius 1 is 1.29 bits per heavy atom. The molecule has 17 heavy (non-hydrogen) atoms. The van der Waals surface area contributed by atoms with E-state index in [-0.39, 0.29) is 22.8 Å². The number of carbonyl (C=O) groups excluding carboxylic acids is 3. The van der Waals surface area contributed by atoms with Crippen molar-refractivity contribution >= 4 is 28.6 Å². The van der Waals surface area contributed by atoms with Crippen LogP contribution in [0, 0.1) is 5.92 Å². The third-order valence-electron chi connectivity index (χ3n) is 3.28. The summed E-state index contributed by atoms with van der Waals surface area (Å²) in [6, 6.07) is 0.0488. The van der Waals surface area contributed by atoms with Gasteiger partial charge in [-0.2, -0.15) is 0 Å². The van der Waals surface area contributed by atoms with Crippen molar-refractivity contribution in [3.05, 3.63) is 0 Å². The molecule has 0 aliphatic carbocycles. The van der Waals surface area contributed by atoms with Crippen LogP contribution in [0.3, 0.4) is 0 Å². The zero-order chi connectivity index (χ0) is 13.0. The first-order valence-corrected chi connectivity index (χ1v) is 7.05. The topological polar surface area (TPSA) is 54.5 Å². The highest BCUT2D eigenvalue weighted by atomic mass is 32.2. The highest BCUT2D eigenvalue weighted by Crippen LogP contribution is 2.26. The predicted molar refractivity (Wildman–Crippen MR) is 68.1 cm³/mol. The first-order valence-electron chi connectivity index (χ1n) is 5.82. The van der Waals surface area contributed by atoms with Crippen molar-refractivity contribution in [1.29, 1.82) is 0 Å². The van der Waals surface area contributed by atoms with Gasteiger partial charge in [0, 0.05) is 12.6 Å². The monoisotopic (exact) mass is 257 g/mol. The first kappa shape index (κ1) is 14.2. The maximum Gasteiger partial charge on any atom is 0.281 e. The second-order valence-electron chi connectivity index (χ2n) is 4.47. The maximum absolute atomic E-state index is 11.7. The van der Waals surface area contributed by atoms with Crippen molar-refractivity contribution in [2.24, 2.45) is 5.92 Å². The lowest BCUT2D eigenvalue weighted by molar-refractivity contribution is -0.131. The molecule has 1 heterocycles. The van der Waals surface area contributed by atoms with Crippen molar-refractivity contribution in [2.75, 3.05) is 12.8 Å². The predicted octanol–water partition coefficient (Wildman–Crippen LogP) is 2.12. The lowest BCUT2D eigenvalue weighted by atomic mass is 9.92. The van der Waals surface area contributed by atoms with Crippen LogP contribution < -0.4 is 0 Å². The van der Waals surface area contributed by atoms with E-state index in [0.717, 1.165) is 19.4 Å². The van der Waals surface area contributed by atoms with Gasteiger partial charge in [-0.1, -0.05) is 11.8 Å². The summed E-state index contributed by atoms with van der Waals surface area (Å²) in [5.41, 5.74) is 0. The quantitative estimate of drug-likeness (QED) is 0.724. The Labute approximate surface area is 106 Å². The smallest absolute Gasteiger partial charge is 0.281 e. The molecule has 1 fully saturated rings. The van der Waals surface area contributed by atoms with Crippen molar-refractivity contribution in [3.8, 4) is 0 Å². The van der Waals surface area contributed by atoms with E-state index in [1.54, 1.807) is 11.2 Å². The third kappa shape index (κ3) is 3.56. The van der Waals surface area contributed by atoms with E-state index in [2.05, 4.69) is 0 Å². The van der Waals surface area contributed by atoms with E-state index in [1.165, 1.54) is 25.6 Å². The summed E-state index contributed by atoms with van der Waals surface area (Å²) in [6.07, 6.45) is 4.09. The number of hydrogen-bond donors (Lipinski definition) is 0. The van der Waals surface area contributed by atoms with Crippen LogP contribution in [0.25, 0.3) is 0 Å². The Bertz CT molecular complexity index is 316. The molecule has 1 atom stereocenters. The molecule has 0 bridgehead atoms. The van der Waals surface area contributed by atoms with Gasteiger partial charge in [0.25, 0.3) is 5.24 Å². The van der Waals surface area contributed by atoms with Gasteiger partial charge in [-0.05, 0) is 39.4 Å². The van der Waals surface area contributed by atoms with Crippen molar-refractivity contribution in [1.82, 2.24) is 4.90 Å². The Kier molecular flexibility index (Phi) is 5.18. The second-order valence-corrected chi connectivity index (χ2v) is 5.23. The molecule has 1 saturated heterocycles. The third-order valence-corrected chi connectivity index (χ3v) is 3.86. The average Bonchev–Trinajstić information content (AvgIpc) is 2.71. The van der Waals surface area contributed by atoms with Crippen LogP contribution in [0.2, 0.25) is 0 Å². The van der Waals surface area contributed by atoms with Crippen LogP contribution in [0.1, 0.15) is 33.1 Å². The number of ketones is 2. The van der Waals surface area contributed by atoms with Crippen molar-refractivity contribution in [2.45, 2.75) is 39.2 Å². The first-order chi connectivity index (χ1) is 7.97. The summed E-state index contributed by atoms with van der Waals surface area (Å²) in [5, 5.41) is 0.0401. The van der Waals surface area contributed by atoms with E-state index in [4.69, 9.17) is 0 Å². The van der Waals surface area contributed by atoms with E-state index >= 15 is 0 Å². The molecule has 1 aliphatic heterocycles. The number of carbonyl (C=O) groups is 3. The minimum Gasteiger partial charge on any atom is -0.331 e. The molecule has 0 aromatic carbocycles. The van der Waals surface area contributed by atoms with Crippen molar-refractivity contribution < 1.29 is 14.4 Å². The van der Waals surface area contributed by atoms with Crippen LogP contribution in [0.15, 0.2) is 0 Å². The Morgan fingerprint density at radius 2 is 1.88 bits per heavy atom. The van der Waals surface area contributed by atoms with Crippen molar-refractivity contribution in [3.63, 3.8) is 0 Å². The summed E-state index contributed by atoms with van der Waals surface area (Å²) >= 11 is 1.19. The molecule has 1 unspecified atom stereocenters. The Morgan fingerprint density at radius 3 is 2.35 bits per heavy atom. The van der Waals surface area contributed by atoms with E-state index in [1.807, 2.05) is 0 Å². The van der Waals surface area contributed by atoms with Gasteiger partial charge < -0.3 is 4.90 Å². The largest absolute Gasteiger partial charge is 0.331 e. The zero-order valence-electron chi connectivity index (χ0n) is 10.6. The summed E-state index contributed by atoms with van der Waals surface area (Å²) in [7, 11) is 0. The molecule has 1 aliphatic rings. The van der Waals surface area contributed by atoms with Gasteiger partial charge in [-0.25, -0.2) is 0 Å². The van der Waals surface area contributed by atoms with E-state index < -0.39 is 5.92 Å². The van der Waals surface area contributed by atoms with Gasteiger partial charge in [-0.15, -0.1) is 0 Å². The molecule has 5 heteroatoms. The van der Waals surface area contributed by atoms with Gasteiger partial charge >= 0.3 is 0 Å². The molecule has 4 nitrogen and oxygen atoms in total. The number of nitrogens with zero attached hydrogens (tertiary/aromatic N) is 1. The molecule has 0 radical (unpaired) electrons. The van der Waals surface area contributed by atoms with Crippen LogP contribution in [0.4, 0.5) is 4.79 Å². The zero-order valence-corrected chi connectivity index (χ0v) is 11.4. The fourth-order valence-corrected chi connectivity index (χ4v) is 2.80. The van der Waals surface area contributed by atoms with Crippen LogP contribution >= 0.6 is 11.8 Å². The normalized spacial score (nSPS) is 19.8. The van der Waals surface area contributed by atoms with E-state index in [9.17, 15) is 14.4 Å². The fraction of sp³-hybridized carbons (Fsp3) is 0.750. The van der Waals surface area contributed by atoms with Gasteiger partial charge in [0.05, 0.1) is 5.92 Å². The number of likely N-dealkylation sites (tertiary alicyclic amines) is 1. The fourth-order valence-electron chi connectivity index (χ4n) is 2.33. The molecule has 0 saturated carbocycles. The SMILES string of the molecule is CSC(=O)N1CCCC1CC(C(C)=O)C(C)=O. The van der Waals surface area contributed by atoms with Gasteiger partial charge in [-0.3, -0.25) is 14.4 Å². The number of rotatable bonds is 4. The van der Waals surface area contributed by atoms with Crippen LogP contribution in [-0.2, 0) is 9.59 Å². The number of Topliss-reactive ketones (excluding diaryl/α,β-unsaturated/α-hetero) is 2. The summed E-state index contributed by atoms with van der Waals surface area (Å²) in [5.74, 6) is -0.739. The molecule has 0 aromatic heterocycles. The summed E-state index contributed by atoms with van der Waals surface area (Å²) in [4.78, 5) is 36.2.